The number of benzene rings is 2. The van der Waals surface area contributed by atoms with Crippen LogP contribution in [0.3, 0.4) is 0 Å². The second kappa shape index (κ2) is 36.6. The Kier molecular flexibility index (Phi) is 45.6. The molecule has 1 unspecified atom stereocenters. The first kappa shape index (κ1) is 52.3. The summed E-state index contributed by atoms with van der Waals surface area (Å²) in [6, 6.07) is 21.4. The van der Waals surface area contributed by atoms with E-state index in [-0.39, 0.29) is 44.7 Å². The van der Waals surface area contributed by atoms with E-state index in [0.717, 1.165) is 19.4 Å². The van der Waals surface area contributed by atoms with Gasteiger partial charge in [0.25, 0.3) is 8.32 Å². The molecule has 11 heteroatoms. The summed E-state index contributed by atoms with van der Waals surface area (Å²) in [5.41, 5.74) is 0. The summed E-state index contributed by atoms with van der Waals surface area (Å²) in [6.07, 6.45) is 4.69. The van der Waals surface area contributed by atoms with E-state index in [2.05, 4.69) is 133 Å². The molecule has 1 saturated heterocycles. The Bertz CT molecular complexity index is 970. The fourth-order valence-corrected chi connectivity index (χ4v) is 8.54. The average Bonchev–Trinajstić information content (AvgIpc) is 3.32. The Labute approximate surface area is 271 Å². The first-order valence-corrected chi connectivity index (χ1v) is 13.5. The smallest absolute Gasteiger partial charge is 0 e. The minimum Gasteiger partial charge on any atom is 0 e. The zero-order valence-electron chi connectivity index (χ0n) is 23.5. The van der Waals surface area contributed by atoms with Gasteiger partial charge in [-0.25, -0.2) is 0 Å². The molecule has 226 valence electrons. The van der Waals surface area contributed by atoms with Gasteiger partial charge in [0.15, 0.2) is 0 Å². The van der Waals surface area contributed by atoms with Crippen LogP contribution in [0.1, 0.15) is 46.5 Å². The van der Waals surface area contributed by atoms with Crippen molar-refractivity contribution in [2.45, 2.75) is 57.6 Å². The van der Waals surface area contributed by atoms with Crippen molar-refractivity contribution in [1.82, 2.24) is 0 Å². The minimum atomic E-state index is -2.49. The minimum absolute atomic E-state index is 0. The Hall–Kier alpha value is -2.41. The van der Waals surface area contributed by atoms with Crippen molar-refractivity contribution in [2.24, 2.45) is 0 Å². The van der Waals surface area contributed by atoms with Crippen LogP contribution in [0.4, 0.5) is 0 Å². The van der Waals surface area contributed by atoms with Crippen molar-refractivity contribution in [3.63, 3.8) is 0 Å². The van der Waals surface area contributed by atoms with Gasteiger partial charge in [-0.2, -0.15) is 0 Å². The molecule has 0 aliphatic carbocycles. The van der Waals surface area contributed by atoms with Gasteiger partial charge in [0.1, 0.15) is 6.10 Å². The maximum Gasteiger partial charge on any atom is 0 e. The largest absolute Gasteiger partial charge is 0 e. The van der Waals surface area contributed by atoms with E-state index in [0.29, 0.717) is 6.61 Å². The molecule has 1 heterocycles. The van der Waals surface area contributed by atoms with Crippen molar-refractivity contribution in [2.75, 3.05) is 13.2 Å². The van der Waals surface area contributed by atoms with Gasteiger partial charge in [0, 0.05) is 40.2 Å². The molecular formula is C31H32Co2O8Si. The van der Waals surface area contributed by atoms with Crippen LogP contribution in [0.5, 0.6) is 0 Å². The predicted molar refractivity (Wildman–Crippen MR) is 143 cm³/mol. The number of rotatable bonds is 4. The van der Waals surface area contributed by atoms with Gasteiger partial charge in [-0.1, -0.05) is 99.7 Å². The van der Waals surface area contributed by atoms with E-state index < -0.39 is 8.32 Å². The Morgan fingerprint density at radius 2 is 1.12 bits per heavy atom. The molecule has 0 saturated carbocycles. The van der Waals surface area contributed by atoms with Gasteiger partial charge in [-0.15, -0.1) is 0 Å². The van der Waals surface area contributed by atoms with Crippen molar-refractivity contribution in [3.05, 3.63) is 101 Å². The summed E-state index contributed by atoms with van der Waals surface area (Å²) in [5.74, 6) is 6.60. The van der Waals surface area contributed by atoms with Crippen LogP contribution >= 0.6 is 0 Å². The van der Waals surface area contributed by atoms with Crippen molar-refractivity contribution >= 4 is 18.7 Å². The predicted octanol–water partition coefficient (Wildman–Crippen LogP) is 4.30. The molecule has 1 atom stereocenters. The molecule has 2 aromatic rings. The maximum absolute atomic E-state index is 7.50. The Balaban J connectivity index is -0.000000206. The Morgan fingerprint density at radius 3 is 1.50 bits per heavy atom. The van der Waals surface area contributed by atoms with Gasteiger partial charge in [-0.05, 0) is 34.7 Å². The monoisotopic (exact) mass is 678 g/mol. The summed E-state index contributed by atoms with van der Waals surface area (Å²) in [7, 11) is -2.49. The van der Waals surface area contributed by atoms with E-state index in [1.54, 1.807) is 0 Å². The summed E-state index contributed by atoms with van der Waals surface area (Å²) < 4.78 is 57.7. The quantitative estimate of drug-likeness (QED) is 0.206. The fraction of sp³-hybridized carbons (Fsp3) is 0.355. The van der Waals surface area contributed by atoms with Gasteiger partial charge in [-0.3, -0.25) is 0 Å². The van der Waals surface area contributed by atoms with Gasteiger partial charge >= 0.3 is 67.8 Å². The van der Waals surface area contributed by atoms with Crippen molar-refractivity contribution < 1.29 is 70.6 Å². The second-order valence-corrected chi connectivity index (χ2v) is 12.8. The molecule has 0 N–H and O–H groups in total. The van der Waals surface area contributed by atoms with E-state index in [9.17, 15) is 0 Å². The topological polar surface area (TPSA) is 138 Å². The first-order chi connectivity index (χ1) is 19.5. The van der Waals surface area contributed by atoms with E-state index in [4.69, 9.17) is 37.1 Å². The third-order valence-electron chi connectivity index (χ3n) is 5.47. The number of hydrogen-bond acceptors (Lipinski definition) is 2. The number of hydrogen-bond donors (Lipinski definition) is 0. The summed E-state index contributed by atoms with van der Waals surface area (Å²) in [4.78, 5) is 0. The van der Waals surface area contributed by atoms with Crippen LogP contribution in [0, 0.1) is 51.7 Å². The summed E-state index contributed by atoms with van der Waals surface area (Å²) in [5, 5.41) is 2.57. The SMILES string of the molecule is CC(C)(C)[Si](OCC#CC1CCCCCO1)(c1ccccc1)c1ccccc1.[C-]#[O+].[C-]#[O+].[C-]#[O+].[C-]#[O+].[C-]#[O+].[C-]#[O+].[Co].[Co]. The van der Waals surface area contributed by atoms with Crippen LogP contribution in [-0.2, 0) is 70.6 Å². The molecule has 8 nitrogen and oxygen atoms in total. The molecule has 0 bridgehead atoms. The van der Waals surface area contributed by atoms with E-state index in [1.807, 2.05) is 0 Å². The third-order valence-corrected chi connectivity index (χ3v) is 10.5. The second-order valence-electron chi connectivity index (χ2n) is 8.48. The molecule has 2 aromatic carbocycles. The first-order valence-electron chi connectivity index (χ1n) is 11.6. The molecule has 1 fully saturated rings. The van der Waals surface area contributed by atoms with Crippen LogP contribution < -0.4 is 10.4 Å². The third kappa shape index (κ3) is 18.9. The summed E-state index contributed by atoms with van der Waals surface area (Å²) >= 11 is 0. The molecule has 42 heavy (non-hydrogen) atoms. The van der Waals surface area contributed by atoms with Gasteiger partial charge in [0.2, 0.25) is 0 Å². The standard InChI is InChI=1S/C25H32O2Si.6CO.2Co/c1-25(2,3)28(23-16-8-4-9-17-23,24-18-10-5-11-19-24)27-21-13-15-22-14-7-6-12-20-26-22;6*1-2;;/h4-5,8-11,16-19,22H,6-7,12,14,20-21H2,1-3H3;;;;;;;;. The average molecular weight is 679 g/mol. The molecule has 1 aliphatic rings. The van der Waals surface area contributed by atoms with E-state index >= 15 is 0 Å². The van der Waals surface area contributed by atoms with E-state index in [1.165, 1.54) is 23.2 Å². The van der Waals surface area contributed by atoms with Crippen molar-refractivity contribution in [1.29, 1.82) is 0 Å². The Morgan fingerprint density at radius 1 is 0.714 bits per heavy atom. The number of ether oxygens (including phenoxy) is 1. The van der Waals surface area contributed by atoms with Crippen molar-refractivity contribution in [3.8, 4) is 11.8 Å². The molecule has 2 radical (unpaired) electrons. The zero-order valence-corrected chi connectivity index (χ0v) is 26.6. The van der Waals surface area contributed by atoms with Crippen LogP contribution in [0.25, 0.3) is 0 Å². The molecule has 0 spiro atoms. The zero-order chi connectivity index (χ0) is 31.9. The molecule has 3 rings (SSSR count). The van der Waals surface area contributed by atoms with Gasteiger partial charge < -0.3 is 9.16 Å². The molecule has 0 amide bonds. The molecule has 1 aliphatic heterocycles. The summed E-state index contributed by atoms with van der Waals surface area (Å²) in [6.45, 7) is 35.1. The van der Waals surface area contributed by atoms with Gasteiger partial charge in [0.05, 0.1) is 6.61 Å². The van der Waals surface area contributed by atoms with Crippen LogP contribution in [0.15, 0.2) is 60.7 Å². The fourth-order valence-electron chi connectivity index (χ4n) is 4.09. The van der Waals surface area contributed by atoms with Crippen LogP contribution in [-0.4, -0.2) is 27.6 Å². The molecular weight excluding hydrogens is 646 g/mol. The maximum atomic E-state index is 7.50. The molecule has 0 aromatic heterocycles. The normalized spacial score (nSPS) is 12.3. The van der Waals surface area contributed by atoms with Crippen LogP contribution in [0.2, 0.25) is 5.04 Å².